The van der Waals surface area contributed by atoms with E-state index in [0.29, 0.717) is 13.2 Å². The molecule has 0 bridgehead atoms. The van der Waals surface area contributed by atoms with Gasteiger partial charge in [0.2, 0.25) is 0 Å². The average molecular weight is 329 g/mol. The van der Waals surface area contributed by atoms with E-state index in [1.165, 1.54) is 37.0 Å². The maximum absolute atomic E-state index is 11.9. The molecule has 0 saturated heterocycles. The molecule has 0 saturated carbocycles. The van der Waals surface area contributed by atoms with E-state index in [4.69, 9.17) is 9.47 Å². The number of esters is 1. The topological polar surface area (TPSA) is 55.8 Å². The van der Waals surface area contributed by atoms with Crippen LogP contribution in [0.1, 0.15) is 72.6 Å². The zero-order valence-electron chi connectivity index (χ0n) is 15.6. The van der Waals surface area contributed by atoms with Gasteiger partial charge in [-0.1, -0.05) is 59.3 Å². The standard InChI is InChI=1S/C18H35NO4/c1-6-7-8-9-10-11-12-13-22-17(20)16(4)19(5)18(21)23-14-15(2)3/h15-16H,6-14H2,1-5H3. The molecule has 1 atom stereocenters. The molecule has 0 N–H and O–H groups in total. The highest BCUT2D eigenvalue weighted by molar-refractivity contribution is 5.80. The first kappa shape index (κ1) is 21.7. The van der Waals surface area contributed by atoms with Crippen LogP contribution < -0.4 is 0 Å². The van der Waals surface area contributed by atoms with E-state index in [9.17, 15) is 9.59 Å². The van der Waals surface area contributed by atoms with Crippen LogP contribution in [-0.2, 0) is 14.3 Å². The van der Waals surface area contributed by atoms with Gasteiger partial charge in [0.25, 0.3) is 0 Å². The molecule has 1 amide bonds. The van der Waals surface area contributed by atoms with Crippen LogP contribution in [0.15, 0.2) is 0 Å². The SMILES string of the molecule is CCCCCCCCCOC(=O)C(C)N(C)C(=O)OCC(C)C. The molecular weight excluding hydrogens is 294 g/mol. The number of carbonyl (C=O) groups is 2. The Labute approximate surface area is 141 Å². The Balaban J connectivity index is 3.81. The maximum Gasteiger partial charge on any atom is 0.410 e. The molecule has 0 aromatic heterocycles. The molecule has 5 heteroatoms. The summed E-state index contributed by atoms with van der Waals surface area (Å²) in [7, 11) is 1.56. The summed E-state index contributed by atoms with van der Waals surface area (Å²) < 4.78 is 10.3. The average Bonchev–Trinajstić information content (AvgIpc) is 2.53. The lowest BCUT2D eigenvalue weighted by molar-refractivity contribution is -0.148. The number of ether oxygens (including phenoxy) is 2. The minimum atomic E-state index is -0.626. The molecule has 23 heavy (non-hydrogen) atoms. The number of amides is 1. The quantitative estimate of drug-likeness (QED) is 0.393. The lowest BCUT2D eigenvalue weighted by atomic mass is 10.1. The second kappa shape index (κ2) is 13.2. The second-order valence-electron chi connectivity index (χ2n) is 6.55. The van der Waals surface area contributed by atoms with Crippen LogP contribution in [0.25, 0.3) is 0 Å². The van der Waals surface area contributed by atoms with Crippen molar-refractivity contribution in [3.63, 3.8) is 0 Å². The number of carbonyl (C=O) groups excluding carboxylic acids is 2. The van der Waals surface area contributed by atoms with Gasteiger partial charge in [0.1, 0.15) is 6.04 Å². The van der Waals surface area contributed by atoms with Gasteiger partial charge in [-0.2, -0.15) is 0 Å². The number of nitrogens with zero attached hydrogens (tertiary/aromatic N) is 1. The highest BCUT2D eigenvalue weighted by Crippen LogP contribution is 2.08. The van der Waals surface area contributed by atoms with Crippen molar-refractivity contribution in [2.45, 2.75) is 78.7 Å². The fraction of sp³-hybridized carbons (Fsp3) is 0.889. The Morgan fingerprint density at radius 2 is 1.48 bits per heavy atom. The molecule has 0 aliphatic carbocycles. The van der Waals surface area contributed by atoms with E-state index < -0.39 is 12.1 Å². The summed E-state index contributed by atoms with van der Waals surface area (Å²) in [6.07, 6.45) is 7.75. The van der Waals surface area contributed by atoms with E-state index in [-0.39, 0.29) is 11.9 Å². The van der Waals surface area contributed by atoms with Crippen molar-refractivity contribution in [3.8, 4) is 0 Å². The molecule has 5 nitrogen and oxygen atoms in total. The van der Waals surface area contributed by atoms with Gasteiger partial charge in [0, 0.05) is 7.05 Å². The van der Waals surface area contributed by atoms with Crippen molar-refractivity contribution < 1.29 is 19.1 Å². The highest BCUT2D eigenvalue weighted by Gasteiger charge is 2.24. The first-order valence-corrected chi connectivity index (χ1v) is 8.96. The Kier molecular flexibility index (Phi) is 12.5. The molecule has 0 radical (unpaired) electrons. The molecule has 0 aliphatic rings. The smallest absolute Gasteiger partial charge is 0.410 e. The van der Waals surface area contributed by atoms with Crippen LogP contribution in [0.5, 0.6) is 0 Å². The van der Waals surface area contributed by atoms with Crippen molar-refractivity contribution >= 4 is 12.1 Å². The third-order valence-corrected chi connectivity index (χ3v) is 3.74. The molecule has 0 aliphatic heterocycles. The number of rotatable bonds is 12. The Morgan fingerprint density at radius 1 is 0.913 bits per heavy atom. The van der Waals surface area contributed by atoms with Gasteiger partial charge in [0.15, 0.2) is 0 Å². The zero-order chi connectivity index (χ0) is 17.7. The molecule has 0 fully saturated rings. The van der Waals surface area contributed by atoms with Crippen molar-refractivity contribution in [1.29, 1.82) is 0 Å². The summed E-state index contributed by atoms with van der Waals surface area (Å²) in [5.74, 6) is -0.105. The third-order valence-electron chi connectivity index (χ3n) is 3.74. The van der Waals surface area contributed by atoms with Gasteiger partial charge in [0.05, 0.1) is 13.2 Å². The predicted molar refractivity (Wildman–Crippen MR) is 92.4 cm³/mol. The minimum Gasteiger partial charge on any atom is -0.464 e. The fourth-order valence-electron chi connectivity index (χ4n) is 2.01. The summed E-state index contributed by atoms with van der Waals surface area (Å²) in [5, 5.41) is 0. The van der Waals surface area contributed by atoms with Crippen LogP contribution in [-0.4, -0.2) is 43.3 Å². The lowest BCUT2D eigenvalue weighted by Gasteiger charge is -2.23. The van der Waals surface area contributed by atoms with Crippen molar-refractivity contribution in [3.05, 3.63) is 0 Å². The van der Waals surface area contributed by atoms with Crippen molar-refractivity contribution in [2.24, 2.45) is 5.92 Å². The van der Waals surface area contributed by atoms with E-state index in [1.54, 1.807) is 14.0 Å². The van der Waals surface area contributed by atoms with Gasteiger partial charge in [-0.25, -0.2) is 9.59 Å². The van der Waals surface area contributed by atoms with E-state index in [1.807, 2.05) is 13.8 Å². The van der Waals surface area contributed by atoms with Crippen molar-refractivity contribution in [2.75, 3.05) is 20.3 Å². The molecule has 0 heterocycles. The highest BCUT2D eigenvalue weighted by atomic mass is 16.6. The van der Waals surface area contributed by atoms with Crippen LogP contribution >= 0.6 is 0 Å². The minimum absolute atomic E-state index is 0.270. The van der Waals surface area contributed by atoms with E-state index in [0.717, 1.165) is 12.8 Å². The first-order valence-electron chi connectivity index (χ1n) is 8.96. The van der Waals surface area contributed by atoms with Crippen LogP contribution in [0.4, 0.5) is 4.79 Å². The van der Waals surface area contributed by atoms with Gasteiger partial charge < -0.3 is 9.47 Å². The lowest BCUT2D eigenvalue weighted by Crippen LogP contribution is -2.42. The molecule has 1 unspecified atom stereocenters. The summed E-state index contributed by atoms with van der Waals surface area (Å²) >= 11 is 0. The Bertz CT molecular complexity index is 331. The van der Waals surface area contributed by atoms with Gasteiger partial charge in [-0.3, -0.25) is 4.90 Å². The molecule has 0 aromatic rings. The largest absolute Gasteiger partial charge is 0.464 e. The summed E-state index contributed by atoms with van der Waals surface area (Å²) in [6.45, 7) is 8.56. The normalized spacial score (nSPS) is 12.1. The first-order chi connectivity index (χ1) is 10.9. The number of likely N-dealkylation sites (N-methyl/N-ethyl adjacent to an activating group) is 1. The second-order valence-corrected chi connectivity index (χ2v) is 6.55. The molecule has 0 spiro atoms. The van der Waals surface area contributed by atoms with E-state index in [2.05, 4.69) is 6.92 Å². The summed E-state index contributed by atoms with van der Waals surface area (Å²) in [5.41, 5.74) is 0. The monoisotopic (exact) mass is 329 g/mol. The predicted octanol–water partition coefficient (Wildman–Crippen LogP) is 4.39. The summed E-state index contributed by atoms with van der Waals surface area (Å²) in [6, 6.07) is -0.626. The van der Waals surface area contributed by atoms with Gasteiger partial charge >= 0.3 is 12.1 Å². The molecule has 0 rings (SSSR count). The maximum atomic E-state index is 11.9. The zero-order valence-corrected chi connectivity index (χ0v) is 15.6. The molecule has 136 valence electrons. The molecular formula is C18H35NO4. The van der Waals surface area contributed by atoms with Gasteiger partial charge in [-0.15, -0.1) is 0 Å². The van der Waals surface area contributed by atoms with Crippen LogP contribution in [0.2, 0.25) is 0 Å². The number of hydrogen-bond acceptors (Lipinski definition) is 4. The van der Waals surface area contributed by atoms with E-state index >= 15 is 0 Å². The fourth-order valence-corrected chi connectivity index (χ4v) is 2.01. The summed E-state index contributed by atoms with van der Waals surface area (Å²) in [4.78, 5) is 25.0. The van der Waals surface area contributed by atoms with Crippen LogP contribution in [0.3, 0.4) is 0 Å². The van der Waals surface area contributed by atoms with Crippen molar-refractivity contribution in [1.82, 2.24) is 4.90 Å². The third kappa shape index (κ3) is 11.0. The Hall–Kier alpha value is -1.26. The number of hydrogen-bond donors (Lipinski definition) is 0. The Morgan fingerprint density at radius 3 is 2.04 bits per heavy atom. The number of unbranched alkanes of at least 4 members (excludes halogenated alkanes) is 6. The van der Waals surface area contributed by atoms with Gasteiger partial charge in [-0.05, 0) is 19.3 Å². The van der Waals surface area contributed by atoms with Crippen LogP contribution in [0, 0.1) is 5.92 Å². The molecule has 0 aromatic carbocycles.